The van der Waals surface area contributed by atoms with E-state index in [0.29, 0.717) is 55.6 Å². The summed E-state index contributed by atoms with van der Waals surface area (Å²) in [5.74, 6) is 0.306. The van der Waals surface area contributed by atoms with Gasteiger partial charge < -0.3 is 25.0 Å². The Bertz CT molecular complexity index is 669. The first-order chi connectivity index (χ1) is 12.0. The van der Waals surface area contributed by atoms with Crippen LogP contribution in [-0.2, 0) is 9.53 Å². The number of likely N-dealkylation sites (tertiary alicyclic amines) is 1. The molecular formula is C17H22ClN3O4. The van der Waals surface area contributed by atoms with Crippen LogP contribution in [0.5, 0.6) is 5.75 Å². The number of ether oxygens (including phenoxy) is 2. The Balaban J connectivity index is 1.80. The summed E-state index contributed by atoms with van der Waals surface area (Å²) in [5.41, 5.74) is 5.87. The zero-order chi connectivity index (χ0) is 18.0. The van der Waals surface area contributed by atoms with Crippen molar-refractivity contribution in [2.75, 3.05) is 39.9 Å². The summed E-state index contributed by atoms with van der Waals surface area (Å²) in [6.07, 6.45) is 0.205. The van der Waals surface area contributed by atoms with Crippen molar-refractivity contribution in [3.05, 3.63) is 28.8 Å². The molecule has 25 heavy (non-hydrogen) atoms. The molecule has 2 saturated heterocycles. The van der Waals surface area contributed by atoms with Gasteiger partial charge in [-0.25, -0.2) is 0 Å². The lowest BCUT2D eigenvalue weighted by atomic mass is 10.1. The molecule has 1 aromatic carbocycles. The van der Waals surface area contributed by atoms with Gasteiger partial charge in [0, 0.05) is 31.7 Å². The molecule has 136 valence electrons. The molecule has 2 aliphatic heterocycles. The fraction of sp³-hybridized carbons (Fsp3) is 0.529. The molecule has 2 amide bonds. The molecule has 0 radical (unpaired) electrons. The van der Waals surface area contributed by atoms with Crippen LogP contribution in [0.25, 0.3) is 0 Å². The Hall–Kier alpha value is -1.83. The first-order valence-electron chi connectivity index (χ1n) is 8.30. The van der Waals surface area contributed by atoms with Crippen molar-refractivity contribution in [3.63, 3.8) is 0 Å². The van der Waals surface area contributed by atoms with E-state index < -0.39 is 0 Å². The number of nitrogens with two attached hydrogens (primary N) is 1. The molecule has 2 atom stereocenters. The van der Waals surface area contributed by atoms with E-state index >= 15 is 0 Å². The van der Waals surface area contributed by atoms with E-state index in [2.05, 4.69) is 0 Å². The molecule has 0 aliphatic carbocycles. The van der Waals surface area contributed by atoms with Crippen molar-refractivity contribution >= 4 is 23.4 Å². The van der Waals surface area contributed by atoms with Crippen LogP contribution >= 0.6 is 11.6 Å². The van der Waals surface area contributed by atoms with Crippen LogP contribution in [0.2, 0.25) is 5.02 Å². The molecule has 0 aromatic heterocycles. The fourth-order valence-electron chi connectivity index (χ4n) is 3.25. The molecule has 0 bridgehead atoms. The molecule has 2 heterocycles. The zero-order valence-corrected chi connectivity index (χ0v) is 14.9. The quantitative estimate of drug-likeness (QED) is 0.848. The van der Waals surface area contributed by atoms with Crippen molar-refractivity contribution in [1.29, 1.82) is 0 Å². The third kappa shape index (κ3) is 3.73. The number of likely N-dealkylation sites (N-methyl/N-ethyl adjacent to an activating group) is 1. The van der Waals surface area contributed by atoms with E-state index in [1.807, 2.05) is 0 Å². The van der Waals surface area contributed by atoms with Crippen molar-refractivity contribution < 1.29 is 19.1 Å². The number of benzene rings is 1. The zero-order valence-electron chi connectivity index (χ0n) is 14.1. The van der Waals surface area contributed by atoms with E-state index in [9.17, 15) is 9.59 Å². The molecule has 0 saturated carbocycles. The van der Waals surface area contributed by atoms with Crippen LogP contribution < -0.4 is 10.5 Å². The van der Waals surface area contributed by atoms with Crippen LogP contribution in [-0.4, -0.2) is 73.7 Å². The minimum atomic E-state index is -0.188. The highest BCUT2D eigenvalue weighted by Crippen LogP contribution is 2.28. The van der Waals surface area contributed by atoms with Crippen LogP contribution in [0.4, 0.5) is 0 Å². The minimum absolute atomic E-state index is 0.0384. The predicted molar refractivity (Wildman–Crippen MR) is 92.8 cm³/mol. The van der Waals surface area contributed by atoms with Gasteiger partial charge in [0.15, 0.2) is 0 Å². The van der Waals surface area contributed by atoms with Crippen LogP contribution in [0.15, 0.2) is 18.2 Å². The highest BCUT2D eigenvalue weighted by molar-refractivity contribution is 6.31. The molecule has 3 rings (SSSR count). The molecule has 2 aliphatic rings. The Kier molecular flexibility index (Phi) is 5.46. The van der Waals surface area contributed by atoms with Gasteiger partial charge in [0.25, 0.3) is 5.91 Å². The average molecular weight is 368 g/mol. The first kappa shape index (κ1) is 18.0. The van der Waals surface area contributed by atoms with Gasteiger partial charge in [-0.05, 0) is 18.2 Å². The van der Waals surface area contributed by atoms with Gasteiger partial charge in [0.05, 0.1) is 30.7 Å². The van der Waals surface area contributed by atoms with E-state index in [4.69, 9.17) is 26.8 Å². The molecule has 0 unspecified atom stereocenters. The second kappa shape index (κ2) is 7.59. The molecule has 2 fully saturated rings. The maximum atomic E-state index is 13.0. The number of carbonyl (C=O) groups excluding carboxylic acids is 2. The van der Waals surface area contributed by atoms with Crippen molar-refractivity contribution in [1.82, 2.24) is 9.80 Å². The molecule has 8 heteroatoms. The van der Waals surface area contributed by atoms with Gasteiger partial charge >= 0.3 is 0 Å². The number of rotatable bonds is 4. The Morgan fingerprint density at radius 3 is 3.00 bits per heavy atom. The maximum absolute atomic E-state index is 13.0. The summed E-state index contributed by atoms with van der Waals surface area (Å²) < 4.78 is 11.3. The van der Waals surface area contributed by atoms with Crippen molar-refractivity contribution in [2.45, 2.75) is 18.6 Å². The van der Waals surface area contributed by atoms with E-state index in [-0.39, 0.29) is 24.0 Å². The number of hydrogen-bond donors (Lipinski definition) is 1. The van der Waals surface area contributed by atoms with Crippen LogP contribution in [0, 0.1) is 0 Å². The molecule has 1 aromatic rings. The normalized spacial score (nSPS) is 23.4. The second-order valence-corrected chi connectivity index (χ2v) is 6.66. The number of hydrogen-bond acceptors (Lipinski definition) is 5. The summed E-state index contributed by atoms with van der Waals surface area (Å²) >= 11 is 6.06. The van der Waals surface area contributed by atoms with Crippen molar-refractivity contribution in [3.8, 4) is 5.75 Å². The highest BCUT2D eigenvalue weighted by atomic mass is 35.5. The topological polar surface area (TPSA) is 85.1 Å². The third-order valence-electron chi connectivity index (χ3n) is 4.61. The lowest BCUT2D eigenvalue weighted by Crippen LogP contribution is -2.43. The predicted octanol–water partition coefficient (Wildman–Crippen LogP) is 0.749. The van der Waals surface area contributed by atoms with Gasteiger partial charge in [-0.1, -0.05) is 11.6 Å². The fourth-order valence-corrected chi connectivity index (χ4v) is 3.42. The van der Waals surface area contributed by atoms with E-state index in [0.717, 1.165) is 0 Å². The highest BCUT2D eigenvalue weighted by Gasteiger charge is 2.42. The minimum Gasteiger partial charge on any atom is -0.491 e. The average Bonchev–Trinajstić information content (AvgIpc) is 2.98. The number of carbonyl (C=O) groups is 2. The lowest BCUT2D eigenvalue weighted by molar-refractivity contribution is -0.131. The van der Waals surface area contributed by atoms with E-state index in [1.54, 1.807) is 35.0 Å². The van der Waals surface area contributed by atoms with E-state index in [1.165, 1.54) is 0 Å². The van der Waals surface area contributed by atoms with Crippen LogP contribution in [0.1, 0.15) is 16.8 Å². The number of halogens is 1. The van der Waals surface area contributed by atoms with Gasteiger partial charge in [0.2, 0.25) is 5.91 Å². The summed E-state index contributed by atoms with van der Waals surface area (Å²) in [6.45, 7) is 1.91. The van der Waals surface area contributed by atoms with Gasteiger partial charge in [-0.3, -0.25) is 9.59 Å². The lowest BCUT2D eigenvalue weighted by Gasteiger charge is -2.25. The standard InChI is InChI=1S/C17H22ClN3O4/c1-20-13-9-21(10-15(13)24-6-4-16(20)22)17(23)12-8-11(18)2-3-14(12)25-7-5-19/h2-3,8,13,15H,4-7,9-10,19H2,1H3/t13-,15-/m0/s1. The summed E-state index contributed by atoms with van der Waals surface area (Å²) in [5, 5.41) is 0.459. The Labute approximate surface area is 151 Å². The van der Waals surface area contributed by atoms with Crippen LogP contribution in [0.3, 0.4) is 0 Å². The maximum Gasteiger partial charge on any atom is 0.257 e. The van der Waals surface area contributed by atoms with Crippen molar-refractivity contribution in [2.24, 2.45) is 5.73 Å². The number of nitrogens with zero attached hydrogens (tertiary/aromatic N) is 2. The summed E-state index contributed by atoms with van der Waals surface area (Å²) in [4.78, 5) is 28.4. The Morgan fingerprint density at radius 2 is 2.24 bits per heavy atom. The summed E-state index contributed by atoms with van der Waals surface area (Å²) in [7, 11) is 1.76. The Morgan fingerprint density at radius 1 is 1.44 bits per heavy atom. The number of amides is 2. The summed E-state index contributed by atoms with van der Waals surface area (Å²) in [6, 6.07) is 4.81. The molecule has 2 N–H and O–H groups in total. The first-order valence-corrected chi connectivity index (χ1v) is 8.68. The molecule has 7 nitrogen and oxygen atoms in total. The number of fused-ring (bicyclic) bond motifs is 1. The second-order valence-electron chi connectivity index (χ2n) is 6.22. The SMILES string of the molecule is CN1C(=O)CCO[C@H]2CN(C(=O)c3cc(Cl)ccc3OCCN)C[C@@H]21. The van der Waals surface area contributed by atoms with Gasteiger partial charge in [-0.2, -0.15) is 0 Å². The van der Waals surface area contributed by atoms with Gasteiger partial charge in [0.1, 0.15) is 12.4 Å². The van der Waals surface area contributed by atoms with Gasteiger partial charge in [-0.15, -0.1) is 0 Å². The monoisotopic (exact) mass is 367 g/mol. The smallest absolute Gasteiger partial charge is 0.257 e. The largest absolute Gasteiger partial charge is 0.491 e. The third-order valence-corrected chi connectivity index (χ3v) is 4.85. The molecular weight excluding hydrogens is 346 g/mol. The molecule has 0 spiro atoms.